The van der Waals surface area contributed by atoms with Crippen LogP contribution in [0.5, 0.6) is 5.75 Å². The van der Waals surface area contributed by atoms with Crippen molar-refractivity contribution >= 4 is 21.7 Å². The predicted octanol–water partition coefficient (Wildman–Crippen LogP) is 0.991. The van der Waals surface area contributed by atoms with Gasteiger partial charge < -0.3 is 16.2 Å². The van der Waals surface area contributed by atoms with E-state index in [0.29, 0.717) is 12.2 Å². The van der Waals surface area contributed by atoms with Gasteiger partial charge in [0.1, 0.15) is 10.6 Å². The third kappa shape index (κ3) is 4.73. The van der Waals surface area contributed by atoms with Crippen LogP contribution < -0.4 is 16.2 Å². The van der Waals surface area contributed by atoms with Gasteiger partial charge in [0.25, 0.3) is 5.91 Å². The average molecular weight is 327 g/mol. The molecule has 22 heavy (non-hydrogen) atoms. The van der Waals surface area contributed by atoms with E-state index >= 15 is 0 Å². The number of carbonyl (C=O) groups is 1. The van der Waals surface area contributed by atoms with Crippen LogP contribution in [-0.4, -0.2) is 33.1 Å². The fraction of sp³-hybridized carbons (Fsp3) is 0.429. The van der Waals surface area contributed by atoms with E-state index in [9.17, 15) is 13.2 Å². The van der Waals surface area contributed by atoms with Crippen molar-refractivity contribution in [1.82, 2.24) is 0 Å². The molecule has 122 valence electrons. The minimum Gasteiger partial charge on any atom is -0.492 e. The average Bonchev–Trinajstić information content (AvgIpc) is 2.36. The second kappa shape index (κ2) is 7.26. The Morgan fingerprint density at radius 3 is 2.45 bits per heavy atom. The Hall–Kier alpha value is -2.09. The highest BCUT2D eigenvalue weighted by atomic mass is 32.2. The number of aliphatic imine (C=N–C) groups is 1. The van der Waals surface area contributed by atoms with Gasteiger partial charge in [-0.25, -0.2) is 8.42 Å². The van der Waals surface area contributed by atoms with Crippen molar-refractivity contribution in [3.63, 3.8) is 0 Å². The topological polar surface area (TPSA) is 125 Å². The summed E-state index contributed by atoms with van der Waals surface area (Å²) in [4.78, 5) is 15.3. The summed E-state index contributed by atoms with van der Waals surface area (Å²) in [6.45, 7) is 4.07. The fourth-order valence-electron chi connectivity index (χ4n) is 1.80. The molecule has 0 aliphatic rings. The van der Waals surface area contributed by atoms with Crippen LogP contribution in [0.3, 0.4) is 0 Å². The Morgan fingerprint density at radius 2 is 1.95 bits per heavy atom. The second-order valence-corrected chi connectivity index (χ2v) is 6.91. The van der Waals surface area contributed by atoms with Crippen molar-refractivity contribution in [2.45, 2.75) is 31.6 Å². The van der Waals surface area contributed by atoms with Gasteiger partial charge >= 0.3 is 0 Å². The molecule has 1 amide bonds. The van der Waals surface area contributed by atoms with Crippen LogP contribution in [0.25, 0.3) is 0 Å². The lowest BCUT2D eigenvalue weighted by Crippen LogP contribution is -2.24. The lowest BCUT2D eigenvalue weighted by molar-refractivity contribution is 0.100. The number of hydrogen-bond donors (Lipinski definition) is 2. The van der Waals surface area contributed by atoms with Crippen LogP contribution in [0.1, 0.15) is 35.7 Å². The summed E-state index contributed by atoms with van der Waals surface area (Å²) in [6, 6.07) is 2.77. The minimum absolute atomic E-state index is 0.0525. The zero-order valence-electron chi connectivity index (χ0n) is 12.9. The third-order valence-corrected chi connectivity index (χ3v) is 4.02. The SMILES string of the molecule is CCCCOc1cc(C)c(C(=O)N=C(N)N)cc1S(C)(=O)=O. The highest BCUT2D eigenvalue weighted by Crippen LogP contribution is 2.28. The minimum atomic E-state index is -3.56. The standard InChI is InChI=1S/C14H21N3O4S/c1-4-5-6-21-11-7-9(2)10(13(18)17-14(15)16)8-12(11)22(3,19)20/h7-8H,4-6H2,1-3H3,(H4,15,16,17,18). The lowest BCUT2D eigenvalue weighted by Gasteiger charge is -2.13. The van der Waals surface area contributed by atoms with Gasteiger partial charge in [-0.1, -0.05) is 13.3 Å². The van der Waals surface area contributed by atoms with Gasteiger partial charge in [-0.15, -0.1) is 0 Å². The van der Waals surface area contributed by atoms with Crippen molar-refractivity contribution in [1.29, 1.82) is 0 Å². The molecule has 0 saturated heterocycles. The Labute approximate surface area is 130 Å². The molecule has 0 spiro atoms. The maximum Gasteiger partial charge on any atom is 0.280 e. The van der Waals surface area contributed by atoms with E-state index in [-0.39, 0.29) is 22.2 Å². The van der Waals surface area contributed by atoms with Gasteiger partial charge in [-0.05, 0) is 31.0 Å². The smallest absolute Gasteiger partial charge is 0.280 e. The molecule has 0 unspecified atom stereocenters. The summed E-state index contributed by atoms with van der Waals surface area (Å²) >= 11 is 0. The normalized spacial score (nSPS) is 11.0. The molecule has 4 N–H and O–H groups in total. The van der Waals surface area contributed by atoms with Gasteiger partial charge in [-0.3, -0.25) is 4.79 Å². The van der Waals surface area contributed by atoms with Crippen molar-refractivity contribution < 1.29 is 17.9 Å². The number of unbranched alkanes of at least 4 members (excludes halogenated alkanes) is 1. The van der Waals surface area contributed by atoms with E-state index in [0.717, 1.165) is 19.1 Å². The Balaban J connectivity index is 3.36. The summed E-state index contributed by atoms with van der Waals surface area (Å²) in [6.07, 6.45) is 2.78. The number of ether oxygens (including phenoxy) is 1. The van der Waals surface area contributed by atoms with Crippen molar-refractivity contribution in [2.24, 2.45) is 16.5 Å². The second-order valence-electron chi connectivity index (χ2n) is 4.93. The fourth-order valence-corrected chi connectivity index (χ4v) is 2.61. The van der Waals surface area contributed by atoms with Gasteiger partial charge in [0, 0.05) is 11.8 Å². The highest BCUT2D eigenvalue weighted by molar-refractivity contribution is 7.90. The van der Waals surface area contributed by atoms with Crippen molar-refractivity contribution in [3.05, 3.63) is 23.3 Å². The van der Waals surface area contributed by atoms with Crippen LogP contribution in [0.15, 0.2) is 22.0 Å². The predicted molar refractivity (Wildman–Crippen MR) is 84.8 cm³/mol. The number of nitrogens with zero attached hydrogens (tertiary/aromatic N) is 1. The first kappa shape index (κ1) is 18.0. The molecule has 0 atom stereocenters. The molecule has 1 aromatic carbocycles. The number of sulfone groups is 1. The molecule has 1 aromatic rings. The largest absolute Gasteiger partial charge is 0.492 e. The molecular weight excluding hydrogens is 306 g/mol. The van der Waals surface area contributed by atoms with Crippen LogP contribution in [-0.2, 0) is 9.84 Å². The zero-order chi connectivity index (χ0) is 16.9. The quantitative estimate of drug-likeness (QED) is 0.456. The number of nitrogens with two attached hydrogens (primary N) is 2. The molecule has 0 fully saturated rings. The molecule has 0 aliphatic heterocycles. The third-order valence-electron chi connectivity index (χ3n) is 2.91. The monoisotopic (exact) mass is 327 g/mol. The number of hydrogen-bond acceptors (Lipinski definition) is 4. The van der Waals surface area contributed by atoms with Gasteiger partial charge in [-0.2, -0.15) is 4.99 Å². The molecule has 8 heteroatoms. The van der Waals surface area contributed by atoms with Gasteiger partial charge in [0.15, 0.2) is 15.8 Å². The molecule has 0 radical (unpaired) electrons. The van der Waals surface area contributed by atoms with Crippen LogP contribution >= 0.6 is 0 Å². The number of amides is 1. The molecule has 0 aromatic heterocycles. The number of rotatable bonds is 6. The first-order chi connectivity index (χ1) is 10.2. The molecule has 0 saturated carbocycles. The molecule has 7 nitrogen and oxygen atoms in total. The van der Waals surface area contributed by atoms with E-state index in [2.05, 4.69) is 4.99 Å². The first-order valence-corrected chi connectivity index (χ1v) is 8.67. The molecule has 0 heterocycles. The summed E-state index contributed by atoms with van der Waals surface area (Å²) in [5.41, 5.74) is 11.0. The first-order valence-electron chi connectivity index (χ1n) is 6.78. The molecule has 0 bridgehead atoms. The van der Waals surface area contributed by atoms with E-state index in [1.807, 2.05) is 6.92 Å². The Kier molecular flexibility index (Phi) is 5.92. The summed E-state index contributed by atoms with van der Waals surface area (Å²) in [5, 5.41) is 0. The van der Waals surface area contributed by atoms with Gasteiger partial charge in [0.2, 0.25) is 0 Å². The highest BCUT2D eigenvalue weighted by Gasteiger charge is 2.20. The lowest BCUT2D eigenvalue weighted by atomic mass is 10.1. The van der Waals surface area contributed by atoms with E-state index in [4.69, 9.17) is 16.2 Å². The van der Waals surface area contributed by atoms with Gasteiger partial charge in [0.05, 0.1) is 6.61 Å². The van der Waals surface area contributed by atoms with E-state index in [1.54, 1.807) is 6.92 Å². The summed E-state index contributed by atoms with van der Waals surface area (Å²) in [5.74, 6) is -0.842. The summed E-state index contributed by atoms with van der Waals surface area (Å²) < 4.78 is 29.4. The number of aryl methyl sites for hydroxylation is 1. The van der Waals surface area contributed by atoms with Crippen molar-refractivity contribution in [2.75, 3.05) is 12.9 Å². The maximum atomic E-state index is 11.9. The van der Waals surface area contributed by atoms with Crippen LogP contribution in [0.4, 0.5) is 0 Å². The maximum absolute atomic E-state index is 11.9. The Bertz CT molecular complexity index is 692. The van der Waals surface area contributed by atoms with E-state index < -0.39 is 15.7 Å². The van der Waals surface area contributed by atoms with Crippen LogP contribution in [0.2, 0.25) is 0 Å². The summed E-state index contributed by atoms with van der Waals surface area (Å²) in [7, 11) is -3.56. The van der Waals surface area contributed by atoms with Crippen LogP contribution in [0, 0.1) is 6.92 Å². The zero-order valence-corrected chi connectivity index (χ0v) is 13.7. The Morgan fingerprint density at radius 1 is 1.32 bits per heavy atom. The number of carbonyl (C=O) groups excluding carboxylic acids is 1. The molecule has 1 rings (SSSR count). The van der Waals surface area contributed by atoms with Crippen molar-refractivity contribution in [3.8, 4) is 5.75 Å². The molecule has 0 aliphatic carbocycles. The van der Waals surface area contributed by atoms with E-state index in [1.165, 1.54) is 12.1 Å². The number of benzene rings is 1. The molecular formula is C14H21N3O4S. The number of guanidine groups is 1.